The summed E-state index contributed by atoms with van der Waals surface area (Å²) < 4.78 is 33.3. The van der Waals surface area contributed by atoms with Gasteiger partial charge in [-0.3, -0.25) is 9.59 Å². The molecule has 0 spiro atoms. The van der Waals surface area contributed by atoms with Gasteiger partial charge in [-0.2, -0.15) is 0 Å². The largest absolute Gasteiger partial charge is 0.462 e. The van der Waals surface area contributed by atoms with Crippen LogP contribution in [0.15, 0.2) is 24.3 Å². The van der Waals surface area contributed by atoms with Crippen molar-refractivity contribution in [3.8, 4) is 0 Å². The lowest BCUT2D eigenvalue weighted by Crippen LogP contribution is -2.61. The third kappa shape index (κ3) is 22.1. The van der Waals surface area contributed by atoms with Gasteiger partial charge in [-0.25, -0.2) is 0 Å². The van der Waals surface area contributed by atoms with Crippen LogP contribution in [0.3, 0.4) is 0 Å². The summed E-state index contributed by atoms with van der Waals surface area (Å²) in [5.74, 6) is -0.948. The summed E-state index contributed by atoms with van der Waals surface area (Å²) >= 11 is 0. The first-order chi connectivity index (χ1) is 28.5. The molecule has 0 bridgehead atoms. The molecule has 0 aromatic rings. The lowest BCUT2D eigenvalue weighted by Gasteiger charge is -2.42. The Hall–Kier alpha value is -2.02. The lowest BCUT2D eigenvalue weighted by molar-refractivity contribution is -0.332. The van der Waals surface area contributed by atoms with E-state index in [0.717, 1.165) is 70.6 Å². The van der Waals surface area contributed by atoms with Gasteiger partial charge >= 0.3 is 11.9 Å². The second kappa shape index (κ2) is 32.7. The summed E-state index contributed by atoms with van der Waals surface area (Å²) in [6, 6.07) is 0. The molecule has 2 heterocycles. The van der Waals surface area contributed by atoms with Gasteiger partial charge in [-0.15, -0.1) is 0 Å². The molecule has 15 heteroatoms. The van der Waals surface area contributed by atoms with Gasteiger partial charge in [-0.05, 0) is 44.9 Å². The number of carbonyl (C=O) groups excluding carboxylic acids is 2. The average molecular weight is 847 g/mol. The maximum Gasteiger partial charge on any atom is 0.306 e. The molecule has 0 radical (unpaired) electrons. The van der Waals surface area contributed by atoms with Crippen LogP contribution in [0.5, 0.6) is 0 Å². The highest BCUT2D eigenvalue weighted by molar-refractivity contribution is 5.70. The molecule has 0 aromatic carbocycles. The van der Waals surface area contributed by atoms with Gasteiger partial charge in [0.2, 0.25) is 0 Å². The molecule has 11 unspecified atom stereocenters. The van der Waals surface area contributed by atoms with Crippen LogP contribution < -0.4 is 0 Å². The molecular weight excluding hydrogens is 768 g/mol. The molecule has 2 fully saturated rings. The highest BCUT2D eigenvalue weighted by atomic mass is 16.7. The molecule has 2 rings (SSSR count). The molecule has 2 aliphatic heterocycles. The number of hydrogen-bond donors (Lipinski definition) is 7. The van der Waals surface area contributed by atoms with Gasteiger partial charge in [-0.1, -0.05) is 115 Å². The fourth-order valence-corrected chi connectivity index (χ4v) is 6.89. The fraction of sp³-hybridized carbons (Fsp3) is 0.864. The Bertz CT molecular complexity index is 1140. The molecule has 59 heavy (non-hydrogen) atoms. The highest BCUT2D eigenvalue weighted by Crippen LogP contribution is 2.26. The van der Waals surface area contributed by atoms with Gasteiger partial charge < -0.3 is 64.2 Å². The van der Waals surface area contributed by atoms with Crippen molar-refractivity contribution < 1.29 is 73.8 Å². The predicted molar refractivity (Wildman–Crippen MR) is 220 cm³/mol. The number of carbonyl (C=O) groups is 2. The van der Waals surface area contributed by atoms with E-state index < -0.39 is 92.7 Å². The number of hydrogen-bond acceptors (Lipinski definition) is 15. The molecule has 0 aromatic heterocycles. The molecule has 11 atom stereocenters. The number of esters is 2. The van der Waals surface area contributed by atoms with E-state index in [-0.39, 0.29) is 26.1 Å². The SMILES string of the molecule is CCCCCC/C=C\C/C=C\CCCCCCCCCC(=O)OC(COC(=O)CCCCCCC)COC1OC(COC2OC(CO)C(O)C(O)C2O)C(O)C(O)C1O. The van der Waals surface area contributed by atoms with Crippen molar-refractivity contribution in [2.75, 3.05) is 26.4 Å². The minimum atomic E-state index is -1.76. The third-order valence-corrected chi connectivity index (χ3v) is 10.7. The van der Waals surface area contributed by atoms with Crippen LogP contribution in [-0.4, -0.2) is 142 Å². The summed E-state index contributed by atoms with van der Waals surface area (Å²) in [6.45, 7) is 2.44. The number of aliphatic hydroxyl groups excluding tert-OH is 7. The Labute approximate surface area is 352 Å². The first-order valence-electron chi connectivity index (χ1n) is 22.4. The van der Waals surface area contributed by atoms with E-state index in [4.69, 9.17) is 28.4 Å². The van der Waals surface area contributed by atoms with E-state index in [1.165, 1.54) is 38.5 Å². The van der Waals surface area contributed by atoms with Crippen molar-refractivity contribution in [1.82, 2.24) is 0 Å². The maximum absolute atomic E-state index is 12.9. The summed E-state index contributed by atoms with van der Waals surface area (Å²) in [6.07, 6.45) is 12.8. The monoisotopic (exact) mass is 847 g/mol. The van der Waals surface area contributed by atoms with Crippen molar-refractivity contribution in [2.45, 2.75) is 216 Å². The van der Waals surface area contributed by atoms with Crippen LogP contribution in [0.4, 0.5) is 0 Å². The molecule has 2 aliphatic rings. The lowest BCUT2D eigenvalue weighted by atomic mass is 9.98. The normalized spacial score (nSPS) is 28.0. The average Bonchev–Trinajstić information content (AvgIpc) is 3.23. The second-order valence-electron chi connectivity index (χ2n) is 15.9. The van der Waals surface area contributed by atoms with Crippen LogP contribution in [-0.2, 0) is 38.0 Å². The van der Waals surface area contributed by atoms with E-state index in [1.54, 1.807) is 0 Å². The quantitative estimate of drug-likeness (QED) is 0.0275. The van der Waals surface area contributed by atoms with Crippen molar-refractivity contribution in [1.29, 1.82) is 0 Å². The molecule has 2 saturated heterocycles. The highest BCUT2D eigenvalue weighted by Gasteiger charge is 2.47. The van der Waals surface area contributed by atoms with E-state index in [0.29, 0.717) is 12.8 Å². The van der Waals surface area contributed by atoms with E-state index in [9.17, 15) is 45.3 Å². The zero-order valence-electron chi connectivity index (χ0n) is 35.7. The van der Waals surface area contributed by atoms with Gasteiger partial charge in [0.1, 0.15) is 55.4 Å². The van der Waals surface area contributed by atoms with Gasteiger partial charge in [0.05, 0.1) is 19.8 Å². The van der Waals surface area contributed by atoms with Crippen molar-refractivity contribution in [3.05, 3.63) is 24.3 Å². The second-order valence-corrected chi connectivity index (χ2v) is 15.9. The van der Waals surface area contributed by atoms with Crippen LogP contribution in [0.1, 0.15) is 149 Å². The van der Waals surface area contributed by atoms with Crippen LogP contribution >= 0.6 is 0 Å². The van der Waals surface area contributed by atoms with Crippen LogP contribution in [0.2, 0.25) is 0 Å². The Morgan fingerprint density at radius 2 is 1.02 bits per heavy atom. The number of unbranched alkanes of at least 4 members (excludes halogenated alkanes) is 15. The topological polar surface area (TPSA) is 231 Å². The fourth-order valence-electron chi connectivity index (χ4n) is 6.89. The van der Waals surface area contributed by atoms with Crippen molar-refractivity contribution >= 4 is 11.9 Å². The first-order valence-corrected chi connectivity index (χ1v) is 22.4. The number of allylic oxidation sites excluding steroid dienone is 4. The summed E-state index contributed by atoms with van der Waals surface area (Å²) in [5.41, 5.74) is 0. The minimum Gasteiger partial charge on any atom is -0.462 e. The maximum atomic E-state index is 12.9. The summed E-state index contributed by atoms with van der Waals surface area (Å²) in [7, 11) is 0. The van der Waals surface area contributed by atoms with Crippen LogP contribution in [0.25, 0.3) is 0 Å². The number of rotatable bonds is 33. The third-order valence-electron chi connectivity index (χ3n) is 10.7. The van der Waals surface area contributed by atoms with Gasteiger partial charge in [0.25, 0.3) is 0 Å². The Balaban J connectivity index is 1.80. The summed E-state index contributed by atoms with van der Waals surface area (Å²) in [4.78, 5) is 25.4. The van der Waals surface area contributed by atoms with E-state index in [2.05, 4.69) is 38.2 Å². The number of ether oxygens (including phenoxy) is 6. The molecule has 7 N–H and O–H groups in total. The molecule has 15 nitrogen and oxygen atoms in total. The van der Waals surface area contributed by atoms with E-state index >= 15 is 0 Å². The zero-order chi connectivity index (χ0) is 43.3. The first kappa shape index (κ1) is 53.1. The number of aliphatic hydroxyl groups is 7. The Kier molecular flexibility index (Phi) is 29.4. The molecule has 344 valence electrons. The van der Waals surface area contributed by atoms with Gasteiger partial charge in [0.15, 0.2) is 18.7 Å². The Morgan fingerprint density at radius 3 is 1.59 bits per heavy atom. The molecule has 0 saturated carbocycles. The van der Waals surface area contributed by atoms with Crippen LogP contribution in [0, 0.1) is 0 Å². The van der Waals surface area contributed by atoms with Crippen molar-refractivity contribution in [3.63, 3.8) is 0 Å². The van der Waals surface area contributed by atoms with Crippen molar-refractivity contribution in [2.24, 2.45) is 0 Å². The van der Waals surface area contributed by atoms with E-state index in [1.807, 2.05) is 0 Å². The predicted octanol–water partition coefficient (Wildman–Crippen LogP) is 4.43. The standard InChI is InChI=1S/C44H78O15/c1-3-5-7-9-10-11-12-13-14-15-16-17-18-19-20-21-23-25-27-36(47)57-32(29-54-35(46)26-24-22-8-6-4-2)30-55-43-42(53)40(51)38(49)34(59-43)31-56-44-41(52)39(50)37(48)33(28-45)58-44/h11-12,14-15,32-34,37-45,48-53H,3-10,13,16-31H2,1-2H3/b12-11-,15-14-. The molecular formula is C44H78O15. The summed E-state index contributed by atoms with van der Waals surface area (Å²) in [5, 5.41) is 71.6. The van der Waals surface area contributed by atoms with Gasteiger partial charge in [0, 0.05) is 12.8 Å². The molecule has 0 aliphatic carbocycles. The Morgan fingerprint density at radius 1 is 0.542 bits per heavy atom. The molecule has 0 amide bonds. The smallest absolute Gasteiger partial charge is 0.306 e. The minimum absolute atomic E-state index is 0.157. The zero-order valence-corrected chi connectivity index (χ0v) is 35.7.